The van der Waals surface area contributed by atoms with Crippen molar-refractivity contribution in [3.05, 3.63) is 36.0 Å². The molecule has 4 nitrogen and oxygen atoms in total. The summed E-state index contributed by atoms with van der Waals surface area (Å²) < 4.78 is 18.4. The summed E-state index contributed by atoms with van der Waals surface area (Å²) in [6, 6.07) is 5.98. The zero-order valence-corrected chi connectivity index (χ0v) is 10.1. The van der Waals surface area contributed by atoms with Gasteiger partial charge in [0.15, 0.2) is 0 Å². The van der Waals surface area contributed by atoms with Gasteiger partial charge in [-0.05, 0) is 18.6 Å². The summed E-state index contributed by atoms with van der Waals surface area (Å²) in [5, 5.41) is 3.71. The molecular formula is C11H13ClFN3O. The van der Waals surface area contributed by atoms with Crippen LogP contribution in [0.2, 0.25) is 0 Å². The predicted molar refractivity (Wildman–Crippen MR) is 64.2 cm³/mol. The zero-order chi connectivity index (χ0) is 11.5. The van der Waals surface area contributed by atoms with Gasteiger partial charge in [0.1, 0.15) is 5.82 Å². The van der Waals surface area contributed by atoms with Crippen LogP contribution in [-0.4, -0.2) is 10.1 Å². The van der Waals surface area contributed by atoms with E-state index in [-0.39, 0.29) is 30.1 Å². The lowest BCUT2D eigenvalue weighted by Crippen LogP contribution is -2.08. The van der Waals surface area contributed by atoms with Crippen LogP contribution >= 0.6 is 12.4 Å². The van der Waals surface area contributed by atoms with Crippen molar-refractivity contribution in [2.45, 2.75) is 19.4 Å². The molecule has 2 aromatic rings. The van der Waals surface area contributed by atoms with Crippen molar-refractivity contribution in [1.82, 2.24) is 10.1 Å². The Balaban J connectivity index is 0.00000144. The Morgan fingerprint density at radius 3 is 2.76 bits per heavy atom. The summed E-state index contributed by atoms with van der Waals surface area (Å²) in [6.45, 7) is 1.91. The summed E-state index contributed by atoms with van der Waals surface area (Å²) >= 11 is 0. The third kappa shape index (κ3) is 2.81. The van der Waals surface area contributed by atoms with Gasteiger partial charge in [-0.3, -0.25) is 0 Å². The zero-order valence-electron chi connectivity index (χ0n) is 9.26. The fourth-order valence-corrected chi connectivity index (χ4v) is 1.31. The lowest BCUT2D eigenvalue weighted by Gasteiger charge is -1.99. The summed E-state index contributed by atoms with van der Waals surface area (Å²) in [7, 11) is 0. The second kappa shape index (κ2) is 5.75. The molecule has 2 rings (SSSR count). The van der Waals surface area contributed by atoms with Gasteiger partial charge in [0.2, 0.25) is 11.7 Å². The predicted octanol–water partition coefficient (Wildman–Crippen LogP) is 2.71. The van der Waals surface area contributed by atoms with Crippen molar-refractivity contribution in [1.29, 1.82) is 0 Å². The number of hydrogen-bond donors (Lipinski definition) is 1. The van der Waals surface area contributed by atoms with Gasteiger partial charge in [0, 0.05) is 0 Å². The topological polar surface area (TPSA) is 64.9 Å². The van der Waals surface area contributed by atoms with Crippen LogP contribution in [0.5, 0.6) is 0 Å². The normalized spacial score (nSPS) is 11.9. The number of nitrogens with two attached hydrogens (primary N) is 1. The molecule has 0 saturated carbocycles. The number of halogens is 2. The Hall–Kier alpha value is -1.46. The molecule has 0 amide bonds. The number of nitrogens with zero attached hydrogens (tertiary/aromatic N) is 2. The van der Waals surface area contributed by atoms with E-state index in [0.29, 0.717) is 17.9 Å². The van der Waals surface area contributed by atoms with Gasteiger partial charge in [-0.2, -0.15) is 4.98 Å². The fourth-order valence-electron chi connectivity index (χ4n) is 1.31. The van der Waals surface area contributed by atoms with Crippen LogP contribution in [0.15, 0.2) is 28.8 Å². The number of aromatic nitrogens is 2. The maximum atomic E-state index is 13.4. The first-order chi connectivity index (χ1) is 7.72. The highest BCUT2D eigenvalue weighted by Crippen LogP contribution is 2.21. The van der Waals surface area contributed by atoms with Crippen molar-refractivity contribution in [3.8, 4) is 11.4 Å². The van der Waals surface area contributed by atoms with Crippen molar-refractivity contribution in [2.24, 2.45) is 5.73 Å². The van der Waals surface area contributed by atoms with E-state index in [1.807, 2.05) is 6.92 Å². The molecule has 0 aliphatic rings. The van der Waals surface area contributed by atoms with E-state index in [1.54, 1.807) is 18.2 Å². The van der Waals surface area contributed by atoms with Crippen LogP contribution in [0.4, 0.5) is 4.39 Å². The molecule has 1 heterocycles. The largest absolute Gasteiger partial charge is 0.337 e. The molecule has 0 spiro atoms. The minimum Gasteiger partial charge on any atom is -0.337 e. The van der Waals surface area contributed by atoms with Gasteiger partial charge in [-0.25, -0.2) is 4.39 Å². The molecule has 0 saturated heterocycles. The summed E-state index contributed by atoms with van der Waals surface area (Å²) in [5.41, 5.74) is 6.05. The highest BCUT2D eigenvalue weighted by atomic mass is 35.5. The number of benzene rings is 1. The summed E-state index contributed by atoms with van der Waals surface area (Å²) in [6.07, 6.45) is 0.693. The second-order valence-electron chi connectivity index (χ2n) is 3.45. The van der Waals surface area contributed by atoms with Crippen molar-refractivity contribution in [2.75, 3.05) is 0 Å². The van der Waals surface area contributed by atoms with E-state index < -0.39 is 0 Å². The minimum absolute atomic E-state index is 0. The van der Waals surface area contributed by atoms with E-state index >= 15 is 0 Å². The molecule has 0 unspecified atom stereocenters. The van der Waals surface area contributed by atoms with E-state index in [2.05, 4.69) is 10.1 Å². The lowest BCUT2D eigenvalue weighted by molar-refractivity contribution is 0.352. The molecule has 2 N–H and O–H groups in total. The van der Waals surface area contributed by atoms with E-state index in [0.717, 1.165) is 0 Å². The van der Waals surface area contributed by atoms with Crippen LogP contribution in [-0.2, 0) is 0 Å². The molecule has 0 aliphatic heterocycles. The highest BCUT2D eigenvalue weighted by molar-refractivity contribution is 5.85. The van der Waals surface area contributed by atoms with Crippen LogP contribution in [0, 0.1) is 5.82 Å². The van der Waals surface area contributed by atoms with Crippen molar-refractivity contribution < 1.29 is 8.91 Å². The second-order valence-corrected chi connectivity index (χ2v) is 3.45. The first-order valence-electron chi connectivity index (χ1n) is 5.06. The first kappa shape index (κ1) is 13.6. The Morgan fingerprint density at radius 2 is 2.12 bits per heavy atom. The van der Waals surface area contributed by atoms with Gasteiger partial charge in [0.25, 0.3) is 0 Å². The van der Waals surface area contributed by atoms with Gasteiger partial charge in [-0.1, -0.05) is 24.2 Å². The standard InChI is InChI=1S/C11H12FN3O.ClH/c1-2-9(13)11-14-10(15-16-11)7-5-3-4-6-8(7)12;/h3-6,9H,2,13H2,1H3;1H/t9-;/m0./s1. The Labute approximate surface area is 104 Å². The monoisotopic (exact) mass is 257 g/mol. The van der Waals surface area contributed by atoms with E-state index in [1.165, 1.54) is 6.07 Å². The van der Waals surface area contributed by atoms with Gasteiger partial charge >= 0.3 is 0 Å². The Bertz CT molecular complexity index is 489. The third-order valence-corrected chi connectivity index (χ3v) is 2.31. The van der Waals surface area contributed by atoms with Crippen LogP contribution < -0.4 is 5.73 Å². The molecule has 1 aromatic carbocycles. The Morgan fingerprint density at radius 1 is 1.41 bits per heavy atom. The fraction of sp³-hybridized carbons (Fsp3) is 0.273. The van der Waals surface area contributed by atoms with Crippen LogP contribution in [0.1, 0.15) is 25.3 Å². The number of hydrogen-bond acceptors (Lipinski definition) is 4. The SMILES string of the molecule is CC[C@H](N)c1nc(-c2ccccc2F)no1.Cl. The average Bonchev–Trinajstić information content (AvgIpc) is 2.78. The summed E-state index contributed by atoms with van der Waals surface area (Å²) in [5.74, 6) is 0.192. The quantitative estimate of drug-likeness (QED) is 0.918. The summed E-state index contributed by atoms with van der Waals surface area (Å²) in [4.78, 5) is 4.07. The van der Waals surface area contributed by atoms with Gasteiger partial charge < -0.3 is 10.3 Å². The average molecular weight is 258 g/mol. The molecule has 0 radical (unpaired) electrons. The van der Waals surface area contributed by atoms with Crippen molar-refractivity contribution >= 4 is 12.4 Å². The molecule has 0 fully saturated rings. The molecule has 1 aromatic heterocycles. The molecule has 92 valence electrons. The molecule has 0 bridgehead atoms. The smallest absolute Gasteiger partial charge is 0.243 e. The first-order valence-corrected chi connectivity index (χ1v) is 5.06. The molecular weight excluding hydrogens is 245 g/mol. The van der Waals surface area contributed by atoms with Crippen molar-refractivity contribution in [3.63, 3.8) is 0 Å². The van der Waals surface area contributed by atoms with Gasteiger partial charge in [0.05, 0.1) is 11.6 Å². The maximum absolute atomic E-state index is 13.4. The third-order valence-electron chi connectivity index (χ3n) is 2.31. The van der Waals surface area contributed by atoms with E-state index in [4.69, 9.17) is 10.3 Å². The molecule has 17 heavy (non-hydrogen) atoms. The minimum atomic E-state index is -0.375. The highest BCUT2D eigenvalue weighted by Gasteiger charge is 2.15. The molecule has 1 atom stereocenters. The lowest BCUT2D eigenvalue weighted by atomic mass is 10.2. The molecule has 0 aliphatic carbocycles. The van der Waals surface area contributed by atoms with Crippen LogP contribution in [0.3, 0.4) is 0 Å². The Kier molecular flexibility index (Phi) is 4.60. The number of rotatable bonds is 3. The van der Waals surface area contributed by atoms with Crippen LogP contribution in [0.25, 0.3) is 11.4 Å². The molecule has 6 heteroatoms. The van der Waals surface area contributed by atoms with E-state index in [9.17, 15) is 4.39 Å². The maximum Gasteiger partial charge on any atom is 0.243 e. The van der Waals surface area contributed by atoms with Gasteiger partial charge in [-0.15, -0.1) is 12.4 Å².